The first-order chi connectivity index (χ1) is 15.5. The fourth-order valence-electron chi connectivity index (χ4n) is 3.46. The number of likely N-dealkylation sites (N-methyl/N-ethyl adjacent to an activating group) is 1. The zero-order valence-corrected chi connectivity index (χ0v) is 18.5. The SMILES string of the molecule is CCNC(=O)COc1ccc(CNC(=O)Cn2c(=O)n(CC)c3ccccc32)cc1OC. The van der Waals surface area contributed by atoms with Crippen molar-refractivity contribution in [3.63, 3.8) is 0 Å². The first-order valence-corrected chi connectivity index (χ1v) is 10.5. The molecule has 32 heavy (non-hydrogen) atoms. The number of aromatic nitrogens is 2. The summed E-state index contributed by atoms with van der Waals surface area (Å²) in [5.74, 6) is 0.406. The van der Waals surface area contributed by atoms with Crippen LogP contribution in [0.15, 0.2) is 47.3 Å². The highest BCUT2D eigenvalue weighted by Gasteiger charge is 2.15. The van der Waals surface area contributed by atoms with Gasteiger partial charge in [-0.15, -0.1) is 0 Å². The zero-order chi connectivity index (χ0) is 23.1. The molecule has 2 amide bonds. The molecule has 0 radical (unpaired) electrons. The minimum atomic E-state index is -0.276. The molecule has 9 nitrogen and oxygen atoms in total. The number of carbonyl (C=O) groups is 2. The van der Waals surface area contributed by atoms with Crippen LogP contribution >= 0.6 is 0 Å². The lowest BCUT2D eigenvalue weighted by atomic mass is 10.2. The minimum absolute atomic E-state index is 0.0722. The Bertz CT molecular complexity index is 1160. The third-order valence-electron chi connectivity index (χ3n) is 4.99. The second-order valence-corrected chi connectivity index (χ2v) is 7.11. The van der Waals surface area contributed by atoms with Gasteiger partial charge in [-0.2, -0.15) is 0 Å². The molecule has 2 N–H and O–H groups in total. The van der Waals surface area contributed by atoms with E-state index in [4.69, 9.17) is 9.47 Å². The Morgan fingerprint density at radius 2 is 1.66 bits per heavy atom. The maximum Gasteiger partial charge on any atom is 0.329 e. The molecule has 0 saturated carbocycles. The van der Waals surface area contributed by atoms with Crippen molar-refractivity contribution in [3.05, 3.63) is 58.5 Å². The fraction of sp³-hybridized carbons (Fsp3) is 0.348. The smallest absolute Gasteiger partial charge is 0.329 e. The molecular formula is C23H28N4O5. The number of methoxy groups -OCH3 is 1. The summed E-state index contributed by atoms with van der Waals surface area (Å²) in [6.07, 6.45) is 0. The molecule has 1 aromatic heterocycles. The normalized spacial score (nSPS) is 10.7. The maximum atomic E-state index is 12.7. The van der Waals surface area contributed by atoms with Gasteiger partial charge in [-0.25, -0.2) is 4.79 Å². The average molecular weight is 441 g/mol. The number of nitrogens with zero attached hydrogens (tertiary/aromatic N) is 2. The van der Waals surface area contributed by atoms with Crippen molar-refractivity contribution in [2.75, 3.05) is 20.3 Å². The number of ether oxygens (including phenoxy) is 2. The summed E-state index contributed by atoms with van der Waals surface area (Å²) >= 11 is 0. The average Bonchev–Trinajstić information content (AvgIpc) is 3.07. The van der Waals surface area contributed by atoms with Gasteiger partial charge in [0, 0.05) is 19.6 Å². The van der Waals surface area contributed by atoms with Crippen molar-refractivity contribution < 1.29 is 19.1 Å². The number of hydrogen-bond donors (Lipinski definition) is 2. The summed E-state index contributed by atoms with van der Waals surface area (Å²) in [6, 6.07) is 12.6. The van der Waals surface area contributed by atoms with Gasteiger partial charge in [0.05, 0.1) is 18.1 Å². The first-order valence-electron chi connectivity index (χ1n) is 10.5. The monoisotopic (exact) mass is 440 g/mol. The highest BCUT2D eigenvalue weighted by molar-refractivity contribution is 5.81. The van der Waals surface area contributed by atoms with E-state index in [1.165, 1.54) is 11.7 Å². The largest absolute Gasteiger partial charge is 0.493 e. The number of para-hydroxylation sites is 2. The number of rotatable bonds is 10. The second-order valence-electron chi connectivity index (χ2n) is 7.11. The van der Waals surface area contributed by atoms with E-state index < -0.39 is 0 Å². The van der Waals surface area contributed by atoms with Gasteiger partial charge in [0.2, 0.25) is 5.91 Å². The maximum absolute atomic E-state index is 12.7. The second kappa shape index (κ2) is 10.5. The van der Waals surface area contributed by atoms with Crippen molar-refractivity contribution in [2.45, 2.75) is 33.5 Å². The topological polar surface area (TPSA) is 104 Å². The van der Waals surface area contributed by atoms with Gasteiger partial charge < -0.3 is 20.1 Å². The predicted octanol–water partition coefficient (Wildman–Crippen LogP) is 1.66. The van der Waals surface area contributed by atoms with Crippen LogP contribution in [0.2, 0.25) is 0 Å². The molecule has 0 atom stereocenters. The van der Waals surface area contributed by atoms with Crippen LogP contribution in [-0.2, 0) is 29.2 Å². The quantitative estimate of drug-likeness (QED) is 0.499. The van der Waals surface area contributed by atoms with Crippen molar-refractivity contribution in [3.8, 4) is 11.5 Å². The number of aryl methyl sites for hydroxylation is 1. The molecule has 0 saturated heterocycles. The van der Waals surface area contributed by atoms with Crippen LogP contribution < -0.4 is 25.8 Å². The van der Waals surface area contributed by atoms with Gasteiger partial charge in [-0.1, -0.05) is 18.2 Å². The van der Waals surface area contributed by atoms with Crippen LogP contribution in [0.25, 0.3) is 11.0 Å². The Labute approximate surface area is 185 Å². The molecule has 9 heteroatoms. The van der Waals surface area contributed by atoms with E-state index in [2.05, 4.69) is 10.6 Å². The molecule has 3 rings (SSSR count). The van der Waals surface area contributed by atoms with E-state index in [0.29, 0.717) is 24.6 Å². The van der Waals surface area contributed by atoms with Gasteiger partial charge in [0.15, 0.2) is 18.1 Å². The number of hydrogen-bond acceptors (Lipinski definition) is 5. The first kappa shape index (κ1) is 22.9. The lowest BCUT2D eigenvalue weighted by Gasteiger charge is -2.12. The lowest BCUT2D eigenvalue weighted by Crippen LogP contribution is -2.32. The lowest BCUT2D eigenvalue weighted by molar-refractivity contribution is -0.123. The Kier molecular flexibility index (Phi) is 7.54. The van der Waals surface area contributed by atoms with E-state index in [1.54, 1.807) is 22.8 Å². The van der Waals surface area contributed by atoms with E-state index in [-0.39, 0.29) is 37.2 Å². The highest BCUT2D eigenvalue weighted by Crippen LogP contribution is 2.28. The van der Waals surface area contributed by atoms with Gasteiger partial charge in [0.1, 0.15) is 6.54 Å². The van der Waals surface area contributed by atoms with Gasteiger partial charge in [-0.05, 0) is 43.7 Å². The molecule has 3 aromatic rings. The summed E-state index contributed by atoms with van der Waals surface area (Å²) in [6.45, 7) is 4.87. The summed E-state index contributed by atoms with van der Waals surface area (Å²) in [5, 5.41) is 5.50. The van der Waals surface area contributed by atoms with Crippen molar-refractivity contribution in [1.29, 1.82) is 0 Å². The molecule has 0 aliphatic rings. The Morgan fingerprint density at radius 3 is 2.31 bits per heavy atom. The highest BCUT2D eigenvalue weighted by atomic mass is 16.5. The summed E-state index contributed by atoms with van der Waals surface area (Å²) in [7, 11) is 1.51. The van der Waals surface area contributed by atoms with Crippen LogP contribution in [0.5, 0.6) is 11.5 Å². The standard InChI is InChI=1S/C23H28N4O5/c1-4-24-22(29)15-32-19-11-10-16(12-20(19)31-3)13-25-21(28)14-27-18-9-7-6-8-17(18)26(5-2)23(27)30/h6-12H,4-5,13-15H2,1-3H3,(H,24,29)(H,25,28). The van der Waals surface area contributed by atoms with E-state index in [1.807, 2.05) is 38.1 Å². The van der Waals surface area contributed by atoms with E-state index in [0.717, 1.165) is 16.6 Å². The number of carbonyl (C=O) groups excluding carboxylic acids is 2. The third kappa shape index (κ3) is 5.11. The molecular weight excluding hydrogens is 412 g/mol. The van der Waals surface area contributed by atoms with Gasteiger partial charge in [0.25, 0.3) is 5.91 Å². The van der Waals surface area contributed by atoms with Crippen molar-refractivity contribution in [1.82, 2.24) is 19.8 Å². The van der Waals surface area contributed by atoms with Crippen LogP contribution in [0.3, 0.4) is 0 Å². The molecule has 2 aromatic carbocycles. The van der Waals surface area contributed by atoms with Crippen molar-refractivity contribution in [2.24, 2.45) is 0 Å². The molecule has 0 fully saturated rings. The third-order valence-corrected chi connectivity index (χ3v) is 4.99. The molecule has 0 unspecified atom stereocenters. The van der Waals surface area contributed by atoms with Crippen LogP contribution in [-0.4, -0.2) is 41.2 Å². The number of amides is 2. The predicted molar refractivity (Wildman–Crippen MR) is 121 cm³/mol. The summed E-state index contributed by atoms with van der Waals surface area (Å²) < 4.78 is 14.0. The van der Waals surface area contributed by atoms with Crippen LogP contribution in [0, 0.1) is 0 Å². The number of nitrogens with one attached hydrogen (secondary N) is 2. The molecule has 0 aliphatic carbocycles. The number of fused-ring (bicyclic) bond motifs is 1. The number of benzene rings is 2. The Hall–Kier alpha value is -3.75. The molecule has 0 aliphatic heterocycles. The Balaban J connectivity index is 1.65. The minimum Gasteiger partial charge on any atom is -0.493 e. The van der Waals surface area contributed by atoms with Crippen LogP contribution in [0.1, 0.15) is 19.4 Å². The summed E-state index contributed by atoms with van der Waals surface area (Å²) in [5.41, 5.74) is 2.12. The molecule has 1 heterocycles. The molecule has 0 spiro atoms. The Morgan fingerprint density at radius 1 is 0.938 bits per heavy atom. The molecule has 170 valence electrons. The van der Waals surface area contributed by atoms with Gasteiger partial charge in [-0.3, -0.25) is 18.7 Å². The fourth-order valence-corrected chi connectivity index (χ4v) is 3.46. The van der Waals surface area contributed by atoms with Crippen molar-refractivity contribution >= 4 is 22.8 Å². The van der Waals surface area contributed by atoms with Gasteiger partial charge >= 0.3 is 5.69 Å². The van der Waals surface area contributed by atoms with E-state index in [9.17, 15) is 14.4 Å². The summed E-state index contributed by atoms with van der Waals surface area (Å²) in [4.78, 5) is 36.8. The zero-order valence-electron chi connectivity index (χ0n) is 18.5. The van der Waals surface area contributed by atoms with Crippen LogP contribution in [0.4, 0.5) is 0 Å². The molecule has 0 bridgehead atoms. The number of imidazole rings is 1. The van der Waals surface area contributed by atoms with E-state index >= 15 is 0 Å².